The number of anilines is 2. The Morgan fingerprint density at radius 3 is 2.80 bits per heavy atom. The molecule has 0 aliphatic rings. The molecule has 0 saturated carbocycles. The number of hydrogen-bond donors (Lipinski definition) is 2. The Labute approximate surface area is 144 Å². The van der Waals surface area contributed by atoms with E-state index in [4.69, 9.17) is 16.2 Å². The highest BCUT2D eigenvalue weighted by molar-refractivity contribution is 5.74. The molecule has 0 unspecified atom stereocenters. The van der Waals surface area contributed by atoms with Crippen molar-refractivity contribution in [2.75, 3.05) is 18.1 Å². The SMILES string of the molecule is CCOc1ccc(-c2nc(N)nc(N)c2C#N)cc1Cn1cccn1. The van der Waals surface area contributed by atoms with Gasteiger partial charge in [-0.15, -0.1) is 0 Å². The Bertz CT molecular complexity index is 929. The van der Waals surface area contributed by atoms with E-state index in [-0.39, 0.29) is 17.3 Å². The molecule has 3 rings (SSSR count). The molecule has 0 amide bonds. The molecule has 1 aromatic carbocycles. The standard InChI is InChI=1S/C17H17N7O/c1-2-25-14-5-4-11(8-12(14)10-24-7-3-6-21-24)15-13(9-18)16(19)23-17(20)22-15/h3-8H,2,10H2,1H3,(H4,19,20,22,23). The largest absolute Gasteiger partial charge is 0.494 e. The van der Waals surface area contributed by atoms with Gasteiger partial charge in [0.15, 0.2) is 0 Å². The molecule has 0 bridgehead atoms. The van der Waals surface area contributed by atoms with Gasteiger partial charge in [0, 0.05) is 23.5 Å². The first-order valence-electron chi connectivity index (χ1n) is 7.69. The molecular weight excluding hydrogens is 318 g/mol. The van der Waals surface area contributed by atoms with Crippen molar-refractivity contribution in [3.8, 4) is 23.1 Å². The fourth-order valence-electron chi connectivity index (χ4n) is 2.53. The quantitative estimate of drug-likeness (QED) is 0.727. The number of nitrogen functional groups attached to an aromatic ring is 2. The van der Waals surface area contributed by atoms with Crippen LogP contribution in [0.15, 0.2) is 36.7 Å². The summed E-state index contributed by atoms with van der Waals surface area (Å²) in [6, 6.07) is 9.45. The first kappa shape index (κ1) is 16.3. The van der Waals surface area contributed by atoms with Crippen LogP contribution in [0.1, 0.15) is 18.1 Å². The van der Waals surface area contributed by atoms with Crippen molar-refractivity contribution in [1.29, 1.82) is 5.26 Å². The van der Waals surface area contributed by atoms with E-state index < -0.39 is 0 Å². The fourth-order valence-corrected chi connectivity index (χ4v) is 2.53. The van der Waals surface area contributed by atoms with Gasteiger partial charge < -0.3 is 16.2 Å². The van der Waals surface area contributed by atoms with Crippen molar-refractivity contribution >= 4 is 11.8 Å². The van der Waals surface area contributed by atoms with Gasteiger partial charge in [-0.2, -0.15) is 15.3 Å². The molecule has 0 fully saturated rings. The van der Waals surface area contributed by atoms with Crippen LogP contribution in [-0.4, -0.2) is 26.4 Å². The molecule has 0 aliphatic carbocycles. The van der Waals surface area contributed by atoms with E-state index in [0.29, 0.717) is 24.4 Å². The number of nitriles is 1. The lowest BCUT2D eigenvalue weighted by Gasteiger charge is -2.13. The van der Waals surface area contributed by atoms with Crippen LogP contribution in [0.2, 0.25) is 0 Å². The number of nitrogens with zero attached hydrogens (tertiary/aromatic N) is 5. The molecule has 4 N–H and O–H groups in total. The number of hydrogen-bond acceptors (Lipinski definition) is 7. The number of rotatable bonds is 5. The van der Waals surface area contributed by atoms with Crippen LogP contribution >= 0.6 is 0 Å². The maximum atomic E-state index is 9.38. The van der Waals surface area contributed by atoms with Gasteiger partial charge in [-0.3, -0.25) is 4.68 Å². The van der Waals surface area contributed by atoms with Crippen molar-refractivity contribution in [1.82, 2.24) is 19.7 Å². The normalized spacial score (nSPS) is 10.4. The van der Waals surface area contributed by atoms with Gasteiger partial charge in [0.1, 0.15) is 23.2 Å². The molecule has 2 heterocycles. The molecule has 2 aromatic heterocycles. The summed E-state index contributed by atoms with van der Waals surface area (Å²) in [4.78, 5) is 8.03. The van der Waals surface area contributed by atoms with Crippen LogP contribution in [0, 0.1) is 11.3 Å². The van der Waals surface area contributed by atoms with Gasteiger partial charge in [0.05, 0.1) is 18.8 Å². The molecule has 0 atom stereocenters. The lowest BCUT2D eigenvalue weighted by molar-refractivity contribution is 0.335. The smallest absolute Gasteiger partial charge is 0.222 e. The van der Waals surface area contributed by atoms with Crippen molar-refractivity contribution in [2.45, 2.75) is 13.5 Å². The molecular formula is C17H17N7O. The van der Waals surface area contributed by atoms with E-state index in [2.05, 4.69) is 15.1 Å². The van der Waals surface area contributed by atoms with Gasteiger partial charge in [-0.25, -0.2) is 4.98 Å². The molecule has 0 radical (unpaired) electrons. The van der Waals surface area contributed by atoms with Crippen molar-refractivity contribution < 1.29 is 4.74 Å². The summed E-state index contributed by atoms with van der Waals surface area (Å²) in [5.41, 5.74) is 13.7. The van der Waals surface area contributed by atoms with Crippen molar-refractivity contribution in [3.05, 3.63) is 47.8 Å². The Balaban J connectivity index is 2.11. The zero-order chi connectivity index (χ0) is 17.8. The Hall–Kier alpha value is -3.60. The zero-order valence-electron chi connectivity index (χ0n) is 13.7. The average molecular weight is 335 g/mol. The molecule has 0 saturated heterocycles. The zero-order valence-corrected chi connectivity index (χ0v) is 13.7. The summed E-state index contributed by atoms with van der Waals surface area (Å²) in [5.74, 6) is 0.830. The second kappa shape index (κ2) is 6.88. The summed E-state index contributed by atoms with van der Waals surface area (Å²) in [7, 11) is 0. The third-order valence-electron chi connectivity index (χ3n) is 3.59. The number of nitrogens with two attached hydrogens (primary N) is 2. The second-order valence-corrected chi connectivity index (χ2v) is 5.26. The minimum absolute atomic E-state index is 0.0222. The maximum absolute atomic E-state index is 9.38. The van der Waals surface area contributed by atoms with Crippen LogP contribution < -0.4 is 16.2 Å². The lowest BCUT2D eigenvalue weighted by atomic mass is 10.0. The van der Waals surface area contributed by atoms with E-state index in [1.807, 2.05) is 43.5 Å². The molecule has 8 heteroatoms. The van der Waals surface area contributed by atoms with Gasteiger partial charge in [-0.05, 0) is 31.2 Å². The predicted octanol–water partition coefficient (Wildman–Crippen LogP) is 1.82. The van der Waals surface area contributed by atoms with Crippen LogP contribution in [0.3, 0.4) is 0 Å². The third-order valence-corrected chi connectivity index (χ3v) is 3.59. The highest BCUT2D eigenvalue weighted by atomic mass is 16.5. The highest BCUT2D eigenvalue weighted by Crippen LogP contribution is 2.30. The van der Waals surface area contributed by atoms with E-state index >= 15 is 0 Å². The van der Waals surface area contributed by atoms with Gasteiger partial charge >= 0.3 is 0 Å². The molecule has 0 spiro atoms. The third kappa shape index (κ3) is 3.35. The molecule has 0 aliphatic heterocycles. The molecule has 25 heavy (non-hydrogen) atoms. The van der Waals surface area contributed by atoms with Crippen LogP contribution in [0.4, 0.5) is 11.8 Å². The fraction of sp³-hybridized carbons (Fsp3) is 0.176. The predicted molar refractivity (Wildman–Crippen MR) is 93.5 cm³/mol. The second-order valence-electron chi connectivity index (χ2n) is 5.26. The summed E-state index contributed by atoms with van der Waals surface area (Å²) in [6.07, 6.45) is 3.58. The van der Waals surface area contributed by atoms with E-state index in [9.17, 15) is 5.26 Å². The summed E-state index contributed by atoms with van der Waals surface area (Å²) in [6.45, 7) is 2.99. The molecule has 126 valence electrons. The summed E-state index contributed by atoms with van der Waals surface area (Å²) in [5, 5.41) is 13.6. The summed E-state index contributed by atoms with van der Waals surface area (Å²) < 4.78 is 7.48. The maximum Gasteiger partial charge on any atom is 0.222 e. The number of aromatic nitrogens is 4. The van der Waals surface area contributed by atoms with Crippen LogP contribution in [0.5, 0.6) is 5.75 Å². The minimum Gasteiger partial charge on any atom is -0.494 e. The van der Waals surface area contributed by atoms with E-state index in [1.165, 1.54) is 0 Å². The topological polar surface area (TPSA) is 129 Å². The number of ether oxygens (including phenoxy) is 1. The Kier molecular flexibility index (Phi) is 4.48. The Morgan fingerprint density at radius 2 is 2.12 bits per heavy atom. The molecule has 3 aromatic rings. The first-order valence-corrected chi connectivity index (χ1v) is 7.69. The van der Waals surface area contributed by atoms with Crippen LogP contribution in [-0.2, 0) is 6.54 Å². The van der Waals surface area contributed by atoms with E-state index in [0.717, 1.165) is 11.3 Å². The molecule has 8 nitrogen and oxygen atoms in total. The van der Waals surface area contributed by atoms with Gasteiger partial charge in [0.25, 0.3) is 0 Å². The highest BCUT2D eigenvalue weighted by Gasteiger charge is 2.15. The van der Waals surface area contributed by atoms with Gasteiger partial charge in [-0.1, -0.05) is 0 Å². The average Bonchev–Trinajstić information content (AvgIpc) is 3.09. The van der Waals surface area contributed by atoms with Crippen LogP contribution in [0.25, 0.3) is 11.3 Å². The minimum atomic E-state index is 0.0222. The van der Waals surface area contributed by atoms with Gasteiger partial charge in [0.2, 0.25) is 5.95 Å². The van der Waals surface area contributed by atoms with E-state index in [1.54, 1.807) is 10.9 Å². The monoisotopic (exact) mass is 335 g/mol. The van der Waals surface area contributed by atoms with Crippen molar-refractivity contribution in [2.24, 2.45) is 0 Å². The van der Waals surface area contributed by atoms with Crippen molar-refractivity contribution in [3.63, 3.8) is 0 Å². The first-order chi connectivity index (χ1) is 12.1. The lowest BCUT2D eigenvalue weighted by Crippen LogP contribution is -2.06. The summed E-state index contributed by atoms with van der Waals surface area (Å²) >= 11 is 0. The number of benzene rings is 1. The Morgan fingerprint density at radius 1 is 1.28 bits per heavy atom.